The predicted octanol–water partition coefficient (Wildman–Crippen LogP) is 3.72. The lowest BCUT2D eigenvalue weighted by Gasteiger charge is -1.97. The van der Waals surface area contributed by atoms with Crippen molar-refractivity contribution in [2.75, 3.05) is 7.11 Å². The highest BCUT2D eigenvalue weighted by Gasteiger charge is 2.06. The van der Waals surface area contributed by atoms with E-state index in [1.54, 1.807) is 7.11 Å². The van der Waals surface area contributed by atoms with Crippen LogP contribution in [-0.2, 0) is 0 Å². The molecule has 0 unspecified atom stereocenters. The van der Waals surface area contributed by atoms with Gasteiger partial charge in [0.25, 0.3) is 0 Å². The maximum absolute atomic E-state index is 5.25. The largest absolute Gasteiger partial charge is 0.497 e. The average molecular weight is 263 g/mol. The zero-order valence-electron chi connectivity index (χ0n) is 11.0. The Labute approximate surface area is 115 Å². The summed E-state index contributed by atoms with van der Waals surface area (Å²) >= 11 is 0. The van der Waals surface area contributed by atoms with Crippen LogP contribution in [0.5, 0.6) is 5.75 Å². The maximum atomic E-state index is 5.25. The summed E-state index contributed by atoms with van der Waals surface area (Å²) in [7, 11) is 1.68. The summed E-state index contributed by atoms with van der Waals surface area (Å²) in [6.07, 6.45) is 3.78. The molecule has 0 aliphatic rings. The molecule has 3 heterocycles. The van der Waals surface area contributed by atoms with E-state index in [9.17, 15) is 0 Å². The Morgan fingerprint density at radius 1 is 1.05 bits per heavy atom. The minimum absolute atomic E-state index is 0.863. The first-order valence-electron chi connectivity index (χ1n) is 6.44. The molecule has 0 radical (unpaired) electrons. The van der Waals surface area contributed by atoms with Gasteiger partial charge >= 0.3 is 0 Å². The Balaban J connectivity index is 1.87. The van der Waals surface area contributed by atoms with Gasteiger partial charge in [-0.05, 0) is 36.4 Å². The molecule has 4 nitrogen and oxygen atoms in total. The van der Waals surface area contributed by atoms with Gasteiger partial charge < -0.3 is 14.7 Å². The number of methoxy groups -OCH3 is 1. The monoisotopic (exact) mass is 263 g/mol. The van der Waals surface area contributed by atoms with Crippen LogP contribution in [0.15, 0.2) is 48.8 Å². The van der Waals surface area contributed by atoms with Crippen LogP contribution in [0, 0.1) is 0 Å². The average Bonchev–Trinajstić information content (AvgIpc) is 3.11. The first-order chi connectivity index (χ1) is 9.83. The smallest absolute Gasteiger partial charge is 0.137 e. The molecule has 4 aromatic rings. The van der Waals surface area contributed by atoms with Crippen molar-refractivity contribution < 1.29 is 4.74 Å². The Kier molecular flexibility index (Phi) is 2.29. The van der Waals surface area contributed by atoms with Gasteiger partial charge in [-0.1, -0.05) is 0 Å². The highest BCUT2D eigenvalue weighted by Crippen LogP contribution is 2.27. The first kappa shape index (κ1) is 11.1. The highest BCUT2D eigenvalue weighted by atomic mass is 16.5. The minimum atomic E-state index is 0.863. The number of pyridine rings is 1. The molecular formula is C16H13N3O. The maximum Gasteiger partial charge on any atom is 0.137 e. The Bertz CT molecular complexity index is 904. The lowest BCUT2D eigenvalue weighted by Crippen LogP contribution is -1.81. The van der Waals surface area contributed by atoms with Crippen molar-refractivity contribution in [3.63, 3.8) is 0 Å². The third-order valence-corrected chi connectivity index (χ3v) is 3.54. The zero-order chi connectivity index (χ0) is 13.5. The Morgan fingerprint density at radius 2 is 2.00 bits per heavy atom. The third-order valence-electron chi connectivity index (χ3n) is 3.54. The summed E-state index contributed by atoms with van der Waals surface area (Å²) in [5, 5.41) is 2.24. The molecular weight excluding hydrogens is 250 g/mol. The SMILES string of the molecule is COc1ccc2[nH]c(-c3cnc4[nH]ccc4c3)cc2c1. The fourth-order valence-electron chi connectivity index (χ4n) is 2.48. The first-order valence-corrected chi connectivity index (χ1v) is 6.44. The Hall–Kier alpha value is -2.75. The number of aromatic amines is 2. The molecule has 3 aromatic heterocycles. The molecule has 0 saturated heterocycles. The van der Waals surface area contributed by atoms with Gasteiger partial charge in [-0.2, -0.15) is 0 Å². The number of H-pyrrole nitrogens is 2. The Morgan fingerprint density at radius 3 is 2.90 bits per heavy atom. The number of aromatic nitrogens is 3. The number of rotatable bonds is 2. The highest BCUT2D eigenvalue weighted by molar-refractivity contribution is 5.88. The predicted molar refractivity (Wildman–Crippen MR) is 79.9 cm³/mol. The molecule has 98 valence electrons. The molecule has 0 saturated carbocycles. The van der Waals surface area contributed by atoms with Crippen LogP contribution in [0.1, 0.15) is 0 Å². The quantitative estimate of drug-likeness (QED) is 0.579. The number of benzene rings is 1. The van der Waals surface area contributed by atoms with Gasteiger partial charge in [0.1, 0.15) is 11.4 Å². The van der Waals surface area contributed by atoms with Crippen LogP contribution in [0.3, 0.4) is 0 Å². The van der Waals surface area contributed by atoms with Crippen molar-refractivity contribution in [1.29, 1.82) is 0 Å². The van der Waals surface area contributed by atoms with E-state index in [1.165, 1.54) is 0 Å². The van der Waals surface area contributed by atoms with Crippen LogP contribution in [0.4, 0.5) is 0 Å². The van der Waals surface area contributed by atoms with E-state index in [0.717, 1.165) is 38.9 Å². The topological polar surface area (TPSA) is 53.7 Å². The molecule has 0 atom stereocenters. The molecule has 0 spiro atoms. The summed E-state index contributed by atoms with van der Waals surface area (Å²) in [6, 6.07) is 12.3. The van der Waals surface area contributed by atoms with Crippen molar-refractivity contribution >= 4 is 21.9 Å². The van der Waals surface area contributed by atoms with Gasteiger partial charge in [0.2, 0.25) is 0 Å². The van der Waals surface area contributed by atoms with Gasteiger partial charge in [0.05, 0.1) is 7.11 Å². The van der Waals surface area contributed by atoms with Crippen molar-refractivity contribution in [3.05, 3.63) is 48.8 Å². The van der Waals surface area contributed by atoms with Crippen molar-refractivity contribution in [3.8, 4) is 17.0 Å². The third kappa shape index (κ3) is 1.66. The zero-order valence-corrected chi connectivity index (χ0v) is 11.0. The summed E-state index contributed by atoms with van der Waals surface area (Å²) in [5.74, 6) is 0.863. The minimum Gasteiger partial charge on any atom is -0.497 e. The van der Waals surface area contributed by atoms with Crippen LogP contribution < -0.4 is 4.74 Å². The lowest BCUT2D eigenvalue weighted by molar-refractivity contribution is 0.415. The van der Waals surface area contributed by atoms with Crippen LogP contribution in [-0.4, -0.2) is 22.1 Å². The van der Waals surface area contributed by atoms with Gasteiger partial charge in [-0.15, -0.1) is 0 Å². The van der Waals surface area contributed by atoms with E-state index in [0.29, 0.717) is 0 Å². The fourth-order valence-corrected chi connectivity index (χ4v) is 2.48. The van der Waals surface area contributed by atoms with E-state index in [2.05, 4.69) is 27.1 Å². The van der Waals surface area contributed by atoms with Gasteiger partial charge in [-0.25, -0.2) is 4.98 Å². The summed E-state index contributed by atoms with van der Waals surface area (Å²) in [4.78, 5) is 10.9. The molecule has 1 aromatic carbocycles. The normalized spacial score (nSPS) is 11.2. The number of nitrogens with zero attached hydrogens (tertiary/aromatic N) is 1. The standard InChI is InChI=1S/C16H13N3O/c1-20-13-2-3-14-11(7-13)8-15(19-14)12-6-10-4-5-17-16(10)18-9-12/h2-9,19H,1H3,(H,17,18). The second kappa shape index (κ2) is 4.13. The molecule has 0 amide bonds. The van der Waals surface area contributed by atoms with Gasteiger partial charge in [0.15, 0.2) is 0 Å². The molecule has 2 N–H and O–H groups in total. The van der Waals surface area contributed by atoms with Gasteiger partial charge in [0, 0.05) is 39.9 Å². The lowest BCUT2D eigenvalue weighted by atomic mass is 10.1. The van der Waals surface area contributed by atoms with E-state index >= 15 is 0 Å². The van der Waals surface area contributed by atoms with E-state index in [1.807, 2.05) is 36.7 Å². The van der Waals surface area contributed by atoms with Crippen LogP contribution in [0.25, 0.3) is 33.2 Å². The second-order valence-corrected chi connectivity index (χ2v) is 4.78. The molecule has 0 bridgehead atoms. The number of hydrogen-bond acceptors (Lipinski definition) is 2. The van der Waals surface area contributed by atoms with E-state index in [4.69, 9.17) is 4.74 Å². The number of nitrogens with one attached hydrogen (secondary N) is 2. The molecule has 20 heavy (non-hydrogen) atoms. The van der Waals surface area contributed by atoms with Crippen LogP contribution in [0.2, 0.25) is 0 Å². The summed E-state index contributed by atoms with van der Waals surface area (Å²) in [6.45, 7) is 0. The molecule has 4 heteroatoms. The summed E-state index contributed by atoms with van der Waals surface area (Å²) in [5.41, 5.74) is 4.14. The number of ether oxygens (including phenoxy) is 1. The van der Waals surface area contributed by atoms with Gasteiger partial charge in [-0.3, -0.25) is 0 Å². The van der Waals surface area contributed by atoms with Crippen molar-refractivity contribution in [1.82, 2.24) is 15.0 Å². The van der Waals surface area contributed by atoms with E-state index in [-0.39, 0.29) is 0 Å². The van der Waals surface area contributed by atoms with Crippen molar-refractivity contribution in [2.45, 2.75) is 0 Å². The second-order valence-electron chi connectivity index (χ2n) is 4.78. The van der Waals surface area contributed by atoms with Crippen molar-refractivity contribution in [2.24, 2.45) is 0 Å². The van der Waals surface area contributed by atoms with E-state index < -0.39 is 0 Å². The molecule has 0 fully saturated rings. The molecule has 4 rings (SSSR count). The van der Waals surface area contributed by atoms with Crippen LogP contribution >= 0.6 is 0 Å². The number of hydrogen-bond donors (Lipinski definition) is 2. The number of fused-ring (bicyclic) bond motifs is 2. The summed E-state index contributed by atoms with van der Waals surface area (Å²) < 4.78 is 5.25. The molecule has 0 aliphatic heterocycles. The molecule has 0 aliphatic carbocycles. The fraction of sp³-hybridized carbons (Fsp3) is 0.0625.